The minimum absolute atomic E-state index is 0.784. The fourth-order valence-electron chi connectivity index (χ4n) is 14.3. The lowest BCUT2D eigenvalue weighted by Gasteiger charge is -2.22. The molecular formula is C88H57N5. The average molecular weight is 1180 g/mol. The molecule has 0 amide bonds. The van der Waals surface area contributed by atoms with Crippen molar-refractivity contribution < 1.29 is 0 Å². The molecule has 93 heavy (non-hydrogen) atoms. The van der Waals surface area contributed by atoms with Crippen LogP contribution < -0.4 is 0 Å². The smallest absolute Gasteiger partial charge is 0.165 e. The van der Waals surface area contributed by atoms with Gasteiger partial charge in [0.15, 0.2) is 5.82 Å². The molecule has 18 rings (SSSR count). The summed E-state index contributed by atoms with van der Waals surface area (Å²) in [4.78, 5) is 10.8. The van der Waals surface area contributed by atoms with Crippen LogP contribution in [0.4, 0.5) is 0 Å². The van der Waals surface area contributed by atoms with Gasteiger partial charge in [-0.25, -0.2) is 4.98 Å². The highest BCUT2D eigenvalue weighted by molar-refractivity contribution is 6.16. The van der Waals surface area contributed by atoms with E-state index >= 15 is 0 Å². The highest BCUT2D eigenvalue weighted by Crippen LogP contribution is 2.47. The van der Waals surface area contributed by atoms with Crippen LogP contribution in [0, 0.1) is 0 Å². The molecule has 0 unspecified atom stereocenters. The fraction of sp³-hybridized carbons (Fsp3) is 0. The molecule has 0 aliphatic heterocycles. The van der Waals surface area contributed by atoms with Crippen molar-refractivity contribution in [1.82, 2.24) is 23.7 Å². The molecule has 18 aromatic rings. The van der Waals surface area contributed by atoms with Gasteiger partial charge in [-0.3, -0.25) is 14.1 Å². The minimum atomic E-state index is 0.784. The zero-order valence-corrected chi connectivity index (χ0v) is 50.6. The van der Waals surface area contributed by atoms with Crippen molar-refractivity contribution in [2.45, 2.75) is 0 Å². The van der Waals surface area contributed by atoms with E-state index in [0.29, 0.717) is 0 Å². The summed E-state index contributed by atoms with van der Waals surface area (Å²) in [7, 11) is 0. The zero-order chi connectivity index (χ0) is 61.3. The number of hydrogen-bond acceptors (Lipinski definition) is 2. The van der Waals surface area contributed by atoms with E-state index in [1.54, 1.807) is 0 Å². The van der Waals surface area contributed by atoms with Crippen LogP contribution in [0.3, 0.4) is 0 Å². The molecule has 0 spiro atoms. The quantitative estimate of drug-likeness (QED) is 0.129. The zero-order valence-electron chi connectivity index (χ0n) is 50.6. The fourth-order valence-corrected chi connectivity index (χ4v) is 14.3. The Labute approximate surface area is 538 Å². The predicted octanol–water partition coefficient (Wildman–Crippen LogP) is 23.1. The van der Waals surface area contributed by atoms with Crippen molar-refractivity contribution in [3.05, 3.63) is 346 Å². The summed E-state index contributed by atoms with van der Waals surface area (Å²) in [6.07, 6.45) is 3.76. The molecule has 0 aliphatic rings. The molecule has 0 saturated carbocycles. The maximum atomic E-state index is 6.34. The lowest BCUT2D eigenvalue weighted by Crippen LogP contribution is -2.11. The van der Waals surface area contributed by atoms with Gasteiger partial charge in [0.2, 0.25) is 0 Å². The number of rotatable bonds is 11. The van der Waals surface area contributed by atoms with E-state index in [0.717, 1.165) is 172 Å². The molecule has 0 bridgehead atoms. The van der Waals surface area contributed by atoms with E-state index < -0.39 is 0 Å². The lowest BCUT2D eigenvalue weighted by molar-refractivity contribution is 0.985. The Hall–Kier alpha value is -12.4. The first-order valence-electron chi connectivity index (χ1n) is 31.8. The molecule has 5 heteroatoms. The van der Waals surface area contributed by atoms with E-state index in [1.165, 1.54) is 0 Å². The van der Waals surface area contributed by atoms with Crippen LogP contribution in [0.25, 0.3) is 172 Å². The summed E-state index contributed by atoms with van der Waals surface area (Å²) in [5.41, 5.74) is 25.3. The first-order chi connectivity index (χ1) is 46.1. The summed E-state index contributed by atoms with van der Waals surface area (Å²) in [5.74, 6) is 1.57. The van der Waals surface area contributed by atoms with Gasteiger partial charge >= 0.3 is 0 Å². The Balaban J connectivity index is 1.02. The standard InChI is InChI=1S/C88H57N5/c1-7-20-58(21-8-1)66-34-40-80-74(51-66)75-52-67(59-22-9-2-10-23-59)35-41-81(75)91(80)86-57-73(72-33-19-32-65(50-72)64-46-48-89-49-47-64)87(92-82-42-36-68(60-24-11-3-12-25-60)53-76(82)77-54-69(37-43-83(77)92)61-26-13-4-14-27-61)88(90-86)93-84-44-38-70(62-28-15-5-16-29-62)55-78(84)79-56-71(39-45-85(79)93)63-30-17-6-18-31-63/h1-57H. The minimum Gasteiger partial charge on any atom is -0.305 e. The van der Waals surface area contributed by atoms with Crippen LogP contribution in [0.15, 0.2) is 346 Å². The van der Waals surface area contributed by atoms with Crippen molar-refractivity contribution in [1.29, 1.82) is 0 Å². The van der Waals surface area contributed by atoms with E-state index in [4.69, 9.17) is 4.98 Å². The van der Waals surface area contributed by atoms with Crippen LogP contribution in [0.2, 0.25) is 0 Å². The highest BCUT2D eigenvalue weighted by Gasteiger charge is 2.28. The van der Waals surface area contributed by atoms with Crippen molar-refractivity contribution in [3.63, 3.8) is 0 Å². The molecular weight excluding hydrogens is 1130 g/mol. The van der Waals surface area contributed by atoms with Gasteiger partial charge in [0.25, 0.3) is 0 Å². The first kappa shape index (κ1) is 53.6. The van der Waals surface area contributed by atoms with Gasteiger partial charge in [-0.1, -0.05) is 237 Å². The maximum Gasteiger partial charge on any atom is 0.165 e. The first-order valence-corrected chi connectivity index (χ1v) is 31.8. The molecule has 5 nitrogen and oxygen atoms in total. The van der Waals surface area contributed by atoms with Gasteiger partial charge in [0.05, 0.1) is 38.8 Å². The average Bonchev–Trinajstić information content (AvgIpc) is 1.64. The second-order valence-corrected chi connectivity index (χ2v) is 24.1. The van der Waals surface area contributed by atoms with Crippen LogP contribution in [0.5, 0.6) is 0 Å². The second-order valence-electron chi connectivity index (χ2n) is 24.1. The molecule has 0 saturated heterocycles. The summed E-state index contributed by atoms with van der Waals surface area (Å²) < 4.78 is 7.40. The van der Waals surface area contributed by atoms with E-state index in [9.17, 15) is 0 Å². The normalized spacial score (nSPS) is 11.7. The van der Waals surface area contributed by atoms with E-state index in [1.807, 2.05) is 12.4 Å². The van der Waals surface area contributed by atoms with Crippen LogP contribution in [-0.4, -0.2) is 23.7 Å². The molecule has 5 heterocycles. The third kappa shape index (κ3) is 9.24. The largest absolute Gasteiger partial charge is 0.305 e. The lowest BCUT2D eigenvalue weighted by atomic mass is 9.98. The third-order valence-electron chi connectivity index (χ3n) is 18.8. The SMILES string of the molecule is c1ccc(-c2ccc3c(c2)c2cc(-c4ccccc4)ccc2n3-c2cc(-c3cccc(-c4ccncc4)c3)c(-n3c4ccc(-c5ccccc5)cc4c4cc(-c5ccccc5)ccc43)c(-n3c4ccc(-c5ccccc5)cc4c4cc(-c5ccccc5)ccc43)n2)cc1. The van der Waals surface area contributed by atoms with Crippen molar-refractivity contribution in [2.75, 3.05) is 0 Å². The topological polar surface area (TPSA) is 40.6 Å². The summed E-state index contributed by atoms with van der Waals surface area (Å²) in [6.45, 7) is 0. The number of fused-ring (bicyclic) bond motifs is 9. The van der Waals surface area contributed by atoms with Gasteiger partial charge in [0, 0.05) is 50.3 Å². The van der Waals surface area contributed by atoms with E-state index in [2.05, 4.69) is 352 Å². The van der Waals surface area contributed by atoms with Crippen LogP contribution in [0.1, 0.15) is 0 Å². The molecule has 0 N–H and O–H groups in total. The monoisotopic (exact) mass is 1180 g/mol. The van der Waals surface area contributed by atoms with Gasteiger partial charge < -0.3 is 4.57 Å². The Kier molecular flexibility index (Phi) is 12.8. The second kappa shape index (κ2) is 22.2. The Morgan fingerprint density at radius 3 is 0.796 bits per heavy atom. The molecule has 5 aromatic heterocycles. The number of benzene rings is 13. The summed E-state index contributed by atoms with van der Waals surface area (Å²) in [6, 6.07) is 122. The molecule has 13 aromatic carbocycles. The van der Waals surface area contributed by atoms with Crippen LogP contribution >= 0.6 is 0 Å². The summed E-state index contributed by atoms with van der Waals surface area (Å²) >= 11 is 0. The molecule has 0 radical (unpaired) electrons. The van der Waals surface area contributed by atoms with E-state index in [-0.39, 0.29) is 0 Å². The Bertz CT molecular complexity index is 5590. The summed E-state index contributed by atoms with van der Waals surface area (Å²) in [5, 5.41) is 6.83. The van der Waals surface area contributed by atoms with Crippen LogP contribution in [-0.2, 0) is 0 Å². The van der Waals surface area contributed by atoms with Gasteiger partial charge in [-0.2, -0.15) is 0 Å². The number of hydrogen-bond donors (Lipinski definition) is 0. The molecule has 0 aliphatic carbocycles. The number of nitrogens with zero attached hydrogens (tertiary/aromatic N) is 5. The molecule has 434 valence electrons. The van der Waals surface area contributed by atoms with Gasteiger partial charge in [-0.15, -0.1) is 0 Å². The Morgan fingerprint density at radius 1 is 0.194 bits per heavy atom. The van der Waals surface area contributed by atoms with Crippen molar-refractivity contribution in [3.8, 4) is 106 Å². The van der Waals surface area contributed by atoms with Crippen molar-refractivity contribution in [2.24, 2.45) is 0 Å². The highest BCUT2D eigenvalue weighted by atomic mass is 15.2. The van der Waals surface area contributed by atoms with Gasteiger partial charge in [-0.05, 0) is 181 Å². The van der Waals surface area contributed by atoms with Gasteiger partial charge in [0.1, 0.15) is 5.82 Å². The number of aromatic nitrogens is 5. The third-order valence-corrected chi connectivity index (χ3v) is 18.8. The predicted molar refractivity (Wildman–Crippen MR) is 389 cm³/mol. The number of pyridine rings is 2. The Morgan fingerprint density at radius 2 is 0.462 bits per heavy atom. The van der Waals surface area contributed by atoms with Crippen molar-refractivity contribution >= 4 is 65.4 Å². The molecule has 0 fully saturated rings. The molecule has 0 atom stereocenters. The maximum absolute atomic E-state index is 6.34.